The molecule has 0 bridgehead atoms. The summed E-state index contributed by atoms with van der Waals surface area (Å²) in [5.74, 6) is -0.902. The van der Waals surface area contributed by atoms with Crippen LogP contribution in [0.4, 0.5) is 19.0 Å². The number of anilines is 1. The smallest absolute Gasteiger partial charge is 0.370 e. The Kier molecular flexibility index (Phi) is 2.93. The molecule has 1 aromatic heterocycles. The average Bonchev–Trinajstić information content (AvgIpc) is 2.02. The van der Waals surface area contributed by atoms with Crippen molar-refractivity contribution >= 4 is 5.82 Å². The molecule has 0 aliphatic heterocycles. The quantitative estimate of drug-likeness (QED) is 0.804. The third-order valence-corrected chi connectivity index (χ3v) is 1.47. The fraction of sp³-hybridized carbons (Fsp3) is 0.500. The number of nitrogens with zero attached hydrogens (tertiary/aromatic N) is 2. The van der Waals surface area contributed by atoms with E-state index in [1.807, 2.05) is 0 Å². The molecule has 14 heavy (non-hydrogen) atoms. The van der Waals surface area contributed by atoms with E-state index in [9.17, 15) is 13.2 Å². The number of aromatic nitrogens is 2. The number of halogens is 3. The Morgan fingerprint density at radius 3 is 2.50 bits per heavy atom. The Labute approximate surface area is 79.4 Å². The van der Waals surface area contributed by atoms with Crippen molar-refractivity contribution in [3.8, 4) is 0 Å². The first-order valence-electron chi connectivity index (χ1n) is 4.10. The lowest BCUT2D eigenvalue weighted by molar-refractivity contribution is -0.145. The number of nitrogens with one attached hydrogen (secondary N) is 1. The van der Waals surface area contributed by atoms with Crippen molar-refractivity contribution in [2.75, 3.05) is 11.9 Å². The van der Waals surface area contributed by atoms with E-state index in [-0.39, 0.29) is 5.82 Å². The molecule has 1 N–H and O–H groups in total. The molecule has 0 aliphatic carbocycles. The van der Waals surface area contributed by atoms with E-state index < -0.39 is 12.0 Å². The number of rotatable bonds is 2. The van der Waals surface area contributed by atoms with Gasteiger partial charge in [-0.3, -0.25) is 0 Å². The summed E-state index contributed by atoms with van der Waals surface area (Å²) in [4.78, 5) is 6.66. The summed E-state index contributed by atoms with van der Waals surface area (Å²) in [5.41, 5.74) is 0.295. The van der Waals surface area contributed by atoms with Gasteiger partial charge in [-0.15, -0.1) is 0 Å². The Bertz CT molecular complexity index is 322. The van der Waals surface area contributed by atoms with Crippen LogP contribution < -0.4 is 5.32 Å². The predicted octanol–water partition coefficient (Wildman–Crippen LogP) is 2.24. The lowest BCUT2D eigenvalue weighted by atomic mass is 10.4. The number of hydrogen-bond donors (Lipinski definition) is 1. The van der Waals surface area contributed by atoms with Gasteiger partial charge in [-0.1, -0.05) is 0 Å². The van der Waals surface area contributed by atoms with Crippen molar-refractivity contribution in [2.24, 2.45) is 0 Å². The maximum atomic E-state index is 12.2. The molecular formula is C8H10F3N3. The second-order valence-corrected chi connectivity index (χ2v) is 2.75. The van der Waals surface area contributed by atoms with Crippen LogP contribution in [-0.2, 0) is 6.18 Å². The van der Waals surface area contributed by atoms with Crippen molar-refractivity contribution in [2.45, 2.75) is 20.0 Å². The number of hydrogen-bond acceptors (Lipinski definition) is 3. The average molecular weight is 205 g/mol. The topological polar surface area (TPSA) is 37.8 Å². The Morgan fingerprint density at radius 1 is 1.36 bits per heavy atom. The van der Waals surface area contributed by atoms with E-state index in [0.717, 1.165) is 0 Å². The zero-order valence-electron chi connectivity index (χ0n) is 7.81. The molecule has 0 aliphatic rings. The van der Waals surface area contributed by atoms with Gasteiger partial charge in [0.1, 0.15) is 5.82 Å². The molecule has 0 aromatic carbocycles. The molecule has 0 saturated heterocycles. The molecule has 1 aromatic rings. The summed E-state index contributed by atoms with van der Waals surface area (Å²) in [5, 5.41) is 2.71. The molecule has 0 radical (unpaired) electrons. The molecule has 1 heterocycles. The van der Waals surface area contributed by atoms with Gasteiger partial charge in [0.2, 0.25) is 5.82 Å². The molecule has 0 fully saturated rings. The SMILES string of the molecule is CCNc1cc(C)nc(C(F)(F)F)n1. The second-order valence-electron chi connectivity index (χ2n) is 2.75. The van der Waals surface area contributed by atoms with Crippen molar-refractivity contribution in [3.63, 3.8) is 0 Å². The highest BCUT2D eigenvalue weighted by Gasteiger charge is 2.35. The van der Waals surface area contributed by atoms with Crippen LogP contribution in [0.5, 0.6) is 0 Å². The summed E-state index contributed by atoms with van der Waals surface area (Å²) in [7, 11) is 0. The maximum Gasteiger partial charge on any atom is 0.451 e. The first kappa shape index (κ1) is 10.7. The summed E-state index contributed by atoms with van der Waals surface area (Å²) >= 11 is 0. The predicted molar refractivity (Wildman–Crippen MR) is 45.9 cm³/mol. The van der Waals surface area contributed by atoms with Gasteiger partial charge in [-0.05, 0) is 13.8 Å². The van der Waals surface area contributed by atoms with Crippen molar-refractivity contribution in [1.82, 2.24) is 9.97 Å². The summed E-state index contributed by atoms with van der Waals surface area (Å²) < 4.78 is 36.7. The third kappa shape index (κ3) is 2.58. The minimum Gasteiger partial charge on any atom is -0.370 e. The van der Waals surface area contributed by atoms with Gasteiger partial charge >= 0.3 is 6.18 Å². The minimum atomic E-state index is -4.49. The molecule has 6 heteroatoms. The van der Waals surface area contributed by atoms with E-state index in [1.54, 1.807) is 6.92 Å². The summed E-state index contributed by atoms with van der Waals surface area (Å²) in [6.07, 6.45) is -4.49. The van der Waals surface area contributed by atoms with E-state index in [4.69, 9.17) is 0 Å². The van der Waals surface area contributed by atoms with E-state index in [1.165, 1.54) is 13.0 Å². The minimum absolute atomic E-state index is 0.201. The van der Waals surface area contributed by atoms with Gasteiger partial charge in [0, 0.05) is 18.3 Å². The second kappa shape index (κ2) is 3.81. The zero-order valence-corrected chi connectivity index (χ0v) is 7.81. The van der Waals surface area contributed by atoms with Gasteiger partial charge in [0.25, 0.3) is 0 Å². The van der Waals surface area contributed by atoms with Crippen LogP contribution >= 0.6 is 0 Å². The fourth-order valence-electron chi connectivity index (χ4n) is 0.967. The van der Waals surface area contributed by atoms with Crippen LogP contribution in [0, 0.1) is 6.92 Å². The summed E-state index contributed by atoms with van der Waals surface area (Å²) in [6, 6.07) is 1.47. The fourth-order valence-corrected chi connectivity index (χ4v) is 0.967. The van der Waals surface area contributed by atoms with E-state index >= 15 is 0 Å². The van der Waals surface area contributed by atoms with Gasteiger partial charge in [-0.25, -0.2) is 9.97 Å². The first-order valence-corrected chi connectivity index (χ1v) is 4.10. The Morgan fingerprint density at radius 2 is 2.00 bits per heavy atom. The molecule has 0 amide bonds. The third-order valence-electron chi connectivity index (χ3n) is 1.47. The molecule has 78 valence electrons. The molecular weight excluding hydrogens is 195 g/mol. The molecule has 0 atom stereocenters. The molecule has 0 saturated carbocycles. The van der Waals surface area contributed by atoms with Crippen LogP contribution in [0.25, 0.3) is 0 Å². The molecule has 1 rings (SSSR count). The Hall–Kier alpha value is -1.33. The van der Waals surface area contributed by atoms with Gasteiger partial charge in [0.15, 0.2) is 0 Å². The van der Waals surface area contributed by atoms with Crippen molar-refractivity contribution < 1.29 is 13.2 Å². The van der Waals surface area contributed by atoms with Gasteiger partial charge in [-0.2, -0.15) is 13.2 Å². The van der Waals surface area contributed by atoms with Gasteiger partial charge in [0.05, 0.1) is 0 Å². The largest absolute Gasteiger partial charge is 0.451 e. The lowest BCUT2D eigenvalue weighted by Crippen LogP contribution is -2.13. The van der Waals surface area contributed by atoms with E-state index in [0.29, 0.717) is 12.2 Å². The van der Waals surface area contributed by atoms with E-state index in [2.05, 4.69) is 15.3 Å². The normalized spacial score (nSPS) is 11.5. The highest BCUT2D eigenvalue weighted by Crippen LogP contribution is 2.26. The van der Waals surface area contributed by atoms with Crippen LogP contribution in [0.3, 0.4) is 0 Å². The van der Waals surface area contributed by atoms with Gasteiger partial charge < -0.3 is 5.32 Å². The molecule has 3 nitrogen and oxygen atoms in total. The van der Waals surface area contributed by atoms with Crippen LogP contribution in [0.15, 0.2) is 6.07 Å². The molecule has 0 unspecified atom stereocenters. The standard InChI is InChI=1S/C8H10F3N3/c1-3-12-6-4-5(2)13-7(14-6)8(9,10)11/h4H,3H2,1-2H3,(H,12,13,14). The highest BCUT2D eigenvalue weighted by atomic mass is 19.4. The van der Waals surface area contributed by atoms with Crippen LogP contribution in [0.1, 0.15) is 18.4 Å². The molecule has 0 spiro atoms. The van der Waals surface area contributed by atoms with Crippen molar-refractivity contribution in [1.29, 1.82) is 0 Å². The van der Waals surface area contributed by atoms with Crippen LogP contribution in [0.2, 0.25) is 0 Å². The monoisotopic (exact) mass is 205 g/mol. The maximum absolute atomic E-state index is 12.2. The van der Waals surface area contributed by atoms with Crippen molar-refractivity contribution in [3.05, 3.63) is 17.6 Å². The number of aryl methyl sites for hydroxylation is 1. The highest BCUT2D eigenvalue weighted by molar-refractivity contribution is 5.35. The Balaban J connectivity index is 3.07. The lowest BCUT2D eigenvalue weighted by Gasteiger charge is -2.08. The zero-order chi connectivity index (χ0) is 10.8. The first-order chi connectivity index (χ1) is 6.43. The van der Waals surface area contributed by atoms with Crippen LogP contribution in [-0.4, -0.2) is 16.5 Å². The summed E-state index contributed by atoms with van der Waals surface area (Å²) in [6.45, 7) is 3.80. The number of alkyl halides is 3.